The quantitative estimate of drug-likeness (QED) is 0.492. The SMILES string of the molecule is CCOC(=O)c1cc(N2CCC3C(CCN3C(C)=O)C2)c2c(C(C)C)nn(-c3cccc(C)c3)c2n1. The number of aryl methyl sites for hydroxylation is 1. The van der Waals surface area contributed by atoms with Gasteiger partial charge < -0.3 is 14.5 Å². The maximum absolute atomic E-state index is 12.9. The van der Waals surface area contributed by atoms with E-state index in [0.29, 0.717) is 23.3 Å². The molecule has 0 radical (unpaired) electrons. The molecule has 2 aromatic heterocycles. The van der Waals surface area contributed by atoms with Crippen molar-refractivity contribution in [3.05, 3.63) is 47.3 Å². The highest BCUT2D eigenvalue weighted by molar-refractivity contribution is 5.99. The summed E-state index contributed by atoms with van der Waals surface area (Å²) in [6.45, 7) is 12.5. The molecule has 0 spiro atoms. The zero-order chi connectivity index (χ0) is 25.6. The summed E-state index contributed by atoms with van der Waals surface area (Å²) in [5, 5.41) is 6.01. The zero-order valence-corrected chi connectivity index (χ0v) is 21.8. The number of carbonyl (C=O) groups is 2. The molecule has 1 aromatic carbocycles. The number of piperidine rings is 1. The summed E-state index contributed by atoms with van der Waals surface area (Å²) in [7, 11) is 0. The summed E-state index contributed by atoms with van der Waals surface area (Å²) in [5.74, 6) is 0.312. The smallest absolute Gasteiger partial charge is 0.357 e. The highest BCUT2D eigenvalue weighted by atomic mass is 16.5. The molecule has 8 heteroatoms. The Morgan fingerprint density at radius 1 is 1.17 bits per heavy atom. The fourth-order valence-corrected chi connectivity index (χ4v) is 5.82. The van der Waals surface area contributed by atoms with Crippen LogP contribution in [0.25, 0.3) is 16.7 Å². The van der Waals surface area contributed by atoms with Crippen LogP contribution in [0.3, 0.4) is 0 Å². The van der Waals surface area contributed by atoms with Gasteiger partial charge in [0.25, 0.3) is 0 Å². The normalized spacial score (nSPS) is 19.7. The van der Waals surface area contributed by atoms with Crippen molar-refractivity contribution in [3.8, 4) is 5.69 Å². The van der Waals surface area contributed by atoms with E-state index in [1.165, 1.54) is 0 Å². The van der Waals surface area contributed by atoms with Crippen LogP contribution in [0.5, 0.6) is 0 Å². The average Bonchev–Trinajstić information content (AvgIpc) is 3.45. The van der Waals surface area contributed by atoms with E-state index in [2.05, 4.69) is 37.8 Å². The van der Waals surface area contributed by atoms with Crippen LogP contribution in [0.4, 0.5) is 5.69 Å². The van der Waals surface area contributed by atoms with Crippen LogP contribution in [0, 0.1) is 12.8 Å². The van der Waals surface area contributed by atoms with Gasteiger partial charge in [0.2, 0.25) is 5.91 Å². The molecule has 8 nitrogen and oxygen atoms in total. The molecule has 190 valence electrons. The van der Waals surface area contributed by atoms with Crippen molar-refractivity contribution >= 4 is 28.6 Å². The average molecular weight is 490 g/mol. The monoisotopic (exact) mass is 489 g/mol. The largest absolute Gasteiger partial charge is 0.461 e. The van der Waals surface area contributed by atoms with Gasteiger partial charge in [-0.3, -0.25) is 4.79 Å². The van der Waals surface area contributed by atoms with Gasteiger partial charge in [-0.25, -0.2) is 14.5 Å². The van der Waals surface area contributed by atoms with Crippen molar-refractivity contribution in [2.75, 3.05) is 31.1 Å². The predicted molar refractivity (Wildman–Crippen MR) is 140 cm³/mol. The Morgan fingerprint density at radius 3 is 2.67 bits per heavy atom. The molecule has 36 heavy (non-hydrogen) atoms. The Labute approximate surface area is 212 Å². The minimum absolute atomic E-state index is 0.161. The van der Waals surface area contributed by atoms with E-state index in [9.17, 15) is 9.59 Å². The van der Waals surface area contributed by atoms with Crippen molar-refractivity contribution in [3.63, 3.8) is 0 Å². The number of likely N-dealkylation sites (tertiary alicyclic amines) is 1. The molecular weight excluding hydrogens is 454 g/mol. The van der Waals surface area contributed by atoms with Gasteiger partial charge in [-0.2, -0.15) is 5.10 Å². The lowest BCUT2D eigenvalue weighted by Crippen LogP contribution is -2.47. The molecular formula is C28H35N5O3. The van der Waals surface area contributed by atoms with Crippen molar-refractivity contribution in [2.24, 2.45) is 5.92 Å². The van der Waals surface area contributed by atoms with E-state index in [4.69, 9.17) is 14.8 Å². The highest BCUT2D eigenvalue weighted by Crippen LogP contribution is 2.39. The summed E-state index contributed by atoms with van der Waals surface area (Å²) < 4.78 is 7.22. The van der Waals surface area contributed by atoms with Crippen LogP contribution in [0.2, 0.25) is 0 Å². The number of anilines is 1. The number of amides is 1. The molecule has 2 saturated heterocycles. The van der Waals surface area contributed by atoms with Gasteiger partial charge in [-0.15, -0.1) is 0 Å². The molecule has 2 aliphatic heterocycles. The third kappa shape index (κ3) is 4.22. The van der Waals surface area contributed by atoms with Crippen molar-refractivity contribution in [2.45, 2.75) is 59.4 Å². The first-order valence-electron chi connectivity index (χ1n) is 13.0. The number of benzene rings is 1. The van der Waals surface area contributed by atoms with E-state index < -0.39 is 5.97 Å². The lowest BCUT2D eigenvalue weighted by Gasteiger charge is -2.39. The minimum atomic E-state index is -0.428. The number of hydrogen-bond donors (Lipinski definition) is 0. The molecule has 2 unspecified atom stereocenters. The van der Waals surface area contributed by atoms with Crippen molar-refractivity contribution in [1.29, 1.82) is 0 Å². The number of fused-ring (bicyclic) bond motifs is 2. The zero-order valence-electron chi connectivity index (χ0n) is 21.8. The van der Waals surface area contributed by atoms with Gasteiger partial charge in [0.1, 0.15) is 0 Å². The third-order valence-corrected chi connectivity index (χ3v) is 7.50. The lowest BCUT2D eigenvalue weighted by atomic mass is 9.92. The van der Waals surface area contributed by atoms with Gasteiger partial charge in [-0.1, -0.05) is 26.0 Å². The molecule has 2 fully saturated rings. The number of aromatic nitrogens is 3. The topological polar surface area (TPSA) is 80.6 Å². The molecule has 5 rings (SSSR count). The van der Waals surface area contributed by atoms with Crippen LogP contribution in [-0.4, -0.2) is 63.8 Å². The fraction of sp³-hybridized carbons (Fsp3) is 0.500. The third-order valence-electron chi connectivity index (χ3n) is 7.50. The van der Waals surface area contributed by atoms with Crippen LogP contribution in [0.1, 0.15) is 68.2 Å². The predicted octanol–water partition coefficient (Wildman–Crippen LogP) is 4.48. The molecule has 3 aromatic rings. The van der Waals surface area contributed by atoms with Gasteiger partial charge in [0, 0.05) is 32.6 Å². The van der Waals surface area contributed by atoms with Crippen molar-refractivity contribution in [1.82, 2.24) is 19.7 Å². The fourth-order valence-electron chi connectivity index (χ4n) is 5.82. The molecule has 0 N–H and O–H groups in total. The molecule has 0 saturated carbocycles. The summed E-state index contributed by atoms with van der Waals surface area (Å²) in [5.41, 5.74) is 4.94. The molecule has 2 aliphatic rings. The van der Waals surface area contributed by atoms with Crippen LogP contribution in [-0.2, 0) is 9.53 Å². The van der Waals surface area contributed by atoms with Gasteiger partial charge in [-0.05, 0) is 62.3 Å². The maximum Gasteiger partial charge on any atom is 0.357 e. The summed E-state index contributed by atoms with van der Waals surface area (Å²) in [6, 6.07) is 10.3. The number of carbonyl (C=O) groups excluding carboxylic acids is 2. The molecule has 1 amide bonds. The van der Waals surface area contributed by atoms with E-state index in [0.717, 1.165) is 60.5 Å². The second-order valence-corrected chi connectivity index (χ2v) is 10.3. The second-order valence-electron chi connectivity index (χ2n) is 10.3. The molecule has 0 bridgehead atoms. The summed E-state index contributed by atoms with van der Waals surface area (Å²) >= 11 is 0. The summed E-state index contributed by atoms with van der Waals surface area (Å²) in [4.78, 5) is 34.2. The van der Waals surface area contributed by atoms with E-state index in [1.807, 2.05) is 27.8 Å². The highest BCUT2D eigenvalue weighted by Gasteiger charge is 2.40. The standard InChI is InChI=1S/C28H35N5O3/c1-6-36-28(35)22-15-24(31-12-11-23-20(16-31)10-13-32(23)19(5)34)25-26(17(2)3)30-33(27(25)29-22)21-9-7-8-18(4)14-21/h7-9,14-15,17,20,23H,6,10-13,16H2,1-5H3. The Kier molecular flexibility index (Phi) is 6.45. The second kappa shape index (κ2) is 9.56. The van der Waals surface area contributed by atoms with Crippen LogP contribution < -0.4 is 4.90 Å². The first-order chi connectivity index (χ1) is 17.3. The first-order valence-corrected chi connectivity index (χ1v) is 13.0. The number of pyridine rings is 1. The van der Waals surface area contributed by atoms with Gasteiger partial charge in [0.05, 0.1) is 29.1 Å². The lowest BCUT2D eigenvalue weighted by molar-refractivity contribution is -0.130. The minimum Gasteiger partial charge on any atom is -0.461 e. The Hall–Kier alpha value is -3.42. The number of hydrogen-bond acceptors (Lipinski definition) is 6. The Morgan fingerprint density at radius 2 is 1.97 bits per heavy atom. The molecule has 4 heterocycles. The Bertz CT molecular complexity index is 1310. The Balaban J connectivity index is 1.67. The number of esters is 1. The van der Waals surface area contributed by atoms with Crippen LogP contribution in [0.15, 0.2) is 30.3 Å². The summed E-state index contributed by atoms with van der Waals surface area (Å²) in [6.07, 6.45) is 1.91. The molecule has 0 aliphatic carbocycles. The number of ether oxygens (including phenoxy) is 1. The van der Waals surface area contributed by atoms with Crippen molar-refractivity contribution < 1.29 is 14.3 Å². The maximum atomic E-state index is 12.9. The van der Waals surface area contributed by atoms with E-state index in [-0.39, 0.29) is 18.4 Å². The van der Waals surface area contributed by atoms with E-state index >= 15 is 0 Å². The van der Waals surface area contributed by atoms with Gasteiger partial charge in [0.15, 0.2) is 11.3 Å². The van der Waals surface area contributed by atoms with E-state index in [1.54, 1.807) is 13.8 Å². The number of nitrogens with zero attached hydrogens (tertiary/aromatic N) is 5. The van der Waals surface area contributed by atoms with Gasteiger partial charge >= 0.3 is 5.97 Å². The molecule has 2 atom stereocenters. The first kappa shape index (κ1) is 24.3. The van der Waals surface area contributed by atoms with Crippen LogP contribution >= 0.6 is 0 Å². The number of rotatable bonds is 5.